The smallest absolute Gasteiger partial charge is 0.139 e. The zero-order chi connectivity index (χ0) is 8.91. The molecular formula is C9H17ClO. The number of hydrogen-bond acceptors (Lipinski definition) is 1. The van der Waals surface area contributed by atoms with Gasteiger partial charge in [0.1, 0.15) is 5.78 Å². The van der Waals surface area contributed by atoms with E-state index in [2.05, 4.69) is 6.92 Å². The summed E-state index contributed by atoms with van der Waals surface area (Å²) in [6, 6.07) is 0. The second kappa shape index (κ2) is 4.76. The van der Waals surface area contributed by atoms with Gasteiger partial charge in [-0.1, -0.05) is 27.2 Å². The van der Waals surface area contributed by atoms with Crippen molar-refractivity contribution in [3.63, 3.8) is 0 Å². The minimum Gasteiger partial charge on any atom is -0.299 e. The molecule has 0 spiro atoms. The van der Waals surface area contributed by atoms with Crippen LogP contribution in [-0.2, 0) is 4.79 Å². The van der Waals surface area contributed by atoms with Crippen LogP contribution in [0.25, 0.3) is 0 Å². The van der Waals surface area contributed by atoms with Crippen LogP contribution < -0.4 is 0 Å². The van der Waals surface area contributed by atoms with Gasteiger partial charge in [0, 0.05) is 17.7 Å². The Balaban J connectivity index is 3.82. The Morgan fingerprint density at radius 2 is 2.00 bits per heavy atom. The maximum absolute atomic E-state index is 11.4. The van der Waals surface area contributed by atoms with E-state index in [9.17, 15) is 4.79 Å². The Morgan fingerprint density at radius 3 is 2.36 bits per heavy atom. The van der Waals surface area contributed by atoms with Crippen molar-refractivity contribution in [2.24, 2.45) is 5.41 Å². The van der Waals surface area contributed by atoms with Gasteiger partial charge in [-0.3, -0.25) is 4.79 Å². The third-order valence-corrected chi connectivity index (χ3v) is 2.51. The molecule has 0 saturated carbocycles. The largest absolute Gasteiger partial charge is 0.299 e. The lowest BCUT2D eigenvalue weighted by molar-refractivity contribution is -0.126. The van der Waals surface area contributed by atoms with Crippen LogP contribution in [0.1, 0.15) is 40.0 Å². The van der Waals surface area contributed by atoms with Crippen LogP contribution in [0.2, 0.25) is 0 Å². The molecule has 11 heavy (non-hydrogen) atoms. The standard InChI is InChI=1S/C9H17ClO/c1-4-5-6-8(11)9(2,3)7-10/h4-7H2,1-3H3. The van der Waals surface area contributed by atoms with Crippen LogP contribution in [-0.4, -0.2) is 11.7 Å². The van der Waals surface area contributed by atoms with Gasteiger partial charge in [0.15, 0.2) is 0 Å². The fourth-order valence-electron chi connectivity index (χ4n) is 0.750. The molecule has 0 aliphatic carbocycles. The molecule has 66 valence electrons. The summed E-state index contributed by atoms with van der Waals surface area (Å²) in [5, 5.41) is 0. The first kappa shape index (κ1) is 11.0. The Hall–Kier alpha value is -0.0400. The maximum Gasteiger partial charge on any atom is 0.139 e. The monoisotopic (exact) mass is 176 g/mol. The number of hydrogen-bond donors (Lipinski definition) is 0. The molecular weight excluding hydrogens is 160 g/mol. The summed E-state index contributed by atoms with van der Waals surface area (Å²) in [4.78, 5) is 11.4. The van der Waals surface area contributed by atoms with Crippen molar-refractivity contribution < 1.29 is 4.79 Å². The first-order chi connectivity index (χ1) is 5.04. The molecule has 2 heteroatoms. The van der Waals surface area contributed by atoms with E-state index in [4.69, 9.17) is 11.6 Å². The minimum atomic E-state index is -0.323. The lowest BCUT2D eigenvalue weighted by Crippen LogP contribution is -2.25. The molecule has 0 heterocycles. The molecule has 0 rings (SSSR count). The van der Waals surface area contributed by atoms with Crippen LogP contribution in [0.4, 0.5) is 0 Å². The Kier molecular flexibility index (Phi) is 4.74. The lowest BCUT2D eigenvalue weighted by atomic mass is 9.88. The van der Waals surface area contributed by atoms with Crippen molar-refractivity contribution >= 4 is 17.4 Å². The van der Waals surface area contributed by atoms with Crippen molar-refractivity contribution in [3.8, 4) is 0 Å². The van der Waals surface area contributed by atoms with Crippen LogP contribution in [0, 0.1) is 5.41 Å². The summed E-state index contributed by atoms with van der Waals surface area (Å²) in [7, 11) is 0. The SMILES string of the molecule is CCCCC(=O)C(C)(C)CCl. The van der Waals surface area contributed by atoms with E-state index in [-0.39, 0.29) is 11.2 Å². The van der Waals surface area contributed by atoms with Gasteiger partial charge in [0.05, 0.1) is 0 Å². The molecule has 0 fully saturated rings. The predicted molar refractivity (Wildman–Crippen MR) is 49.0 cm³/mol. The van der Waals surface area contributed by atoms with Gasteiger partial charge in [-0.05, 0) is 6.42 Å². The third-order valence-electron chi connectivity index (χ3n) is 1.85. The van der Waals surface area contributed by atoms with Crippen molar-refractivity contribution in [2.75, 3.05) is 5.88 Å². The maximum atomic E-state index is 11.4. The molecule has 1 nitrogen and oxygen atoms in total. The Labute approximate surface area is 74.1 Å². The molecule has 0 bridgehead atoms. The Morgan fingerprint density at radius 1 is 1.45 bits per heavy atom. The van der Waals surface area contributed by atoms with E-state index in [0.717, 1.165) is 12.8 Å². The highest BCUT2D eigenvalue weighted by molar-refractivity contribution is 6.19. The van der Waals surface area contributed by atoms with Gasteiger partial charge >= 0.3 is 0 Å². The van der Waals surface area contributed by atoms with E-state index in [1.54, 1.807) is 0 Å². The number of halogens is 1. The number of alkyl halides is 1. The number of carbonyl (C=O) groups is 1. The molecule has 0 aliphatic rings. The molecule has 0 aliphatic heterocycles. The first-order valence-electron chi connectivity index (χ1n) is 4.14. The number of rotatable bonds is 5. The van der Waals surface area contributed by atoms with Crippen LogP contribution in [0.5, 0.6) is 0 Å². The van der Waals surface area contributed by atoms with Gasteiger partial charge in [0.25, 0.3) is 0 Å². The molecule has 0 radical (unpaired) electrons. The van der Waals surface area contributed by atoms with Crippen LogP contribution >= 0.6 is 11.6 Å². The number of ketones is 1. The summed E-state index contributed by atoms with van der Waals surface area (Å²) in [6.45, 7) is 5.89. The fraction of sp³-hybridized carbons (Fsp3) is 0.889. The summed E-state index contributed by atoms with van der Waals surface area (Å²) in [5.41, 5.74) is -0.323. The molecule has 0 atom stereocenters. The average Bonchev–Trinajstić information content (AvgIpc) is 2.00. The number of Topliss-reactive ketones (excluding diaryl/α,β-unsaturated/α-hetero) is 1. The zero-order valence-corrected chi connectivity index (χ0v) is 8.37. The van der Waals surface area contributed by atoms with Gasteiger partial charge < -0.3 is 0 Å². The molecule has 0 aromatic heterocycles. The predicted octanol–water partition coefficient (Wildman–Crippen LogP) is 3.01. The van der Waals surface area contributed by atoms with Crippen LogP contribution in [0.3, 0.4) is 0 Å². The average molecular weight is 177 g/mol. The van der Waals surface area contributed by atoms with Crippen molar-refractivity contribution in [1.82, 2.24) is 0 Å². The first-order valence-corrected chi connectivity index (χ1v) is 4.67. The molecule has 0 amide bonds. The number of carbonyl (C=O) groups excluding carboxylic acids is 1. The topological polar surface area (TPSA) is 17.1 Å². The van der Waals surface area contributed by atoms with Crippen molar-refractivity contribution in [1.29, 1.82) is 0 Å². The number of unbranched alkanes of at least 4 members (excludes halogenated alkanes) is 1. The summed E-state index contributed by atoms with van der Waals surface area (Å²) in [5.74, 6) is 0.713. The quantitative estimate of drug-likeness (QED) is 0.589. The second-order valence-electron chi connectivity index (χ2n) is 3.54. The summed E-state index contributed by atoms with van der Waals surface area (Å²) >= 11 is 5.65. The normalized spacial score (nSPS) is 11.6. The summed E-state index contributed by atoms with van der Waals surface area (Å²) in [6.07, 6.45) is 2.74. The minimum absolute atomic E-state index is 0.286. The molecule has 0 aromatic rings. The van der Waals surface area contributed by atoms with E-state index in [1.807, 2.05) is 13.8 Å². The zero-order valence-electron chi connectivity index (χ0n) is 7.61. The van der Waals surface area contributed by atoms with Crippen LogP contribution in [0.15, 0.2) is 0 Å². The molecule has 0 unspecified atom stereocenters. The van der Waals surface area contributed by atoms with E-state index >= 15 is 0 Å². The van der Waals surface area contributed by atoms with E-state index < -0.39 is 0 Å². The van der Waals surface area contributed by atoms with Gasteiger partial charge in [-0.25, -0.2) is 0 Å². The second-order valence-corrected chi connectivity index (χ2v) is 3.81. The Bertz CT molecular complexity index is 130. The fourth-order valence-corrected chi connectivity index (χ4v) is 0.899. The van der Waals surface area contributed by atoms with Gasteiger partial charge in [0.2, 0.25) is 0 Å². The highest BCUT2D eigenvalue weighted by Crippen LogP contribution is 2.21. The summed E-state index contributed by atoms with van der Waals surface area (Å²) < 4.78 is 0. The molecule has 0 saturated heterocycles. The van der Waals surface area contributed by atoms with Gasteiger partial charge in [-0.15, -0.1) is 11.6 Å². The highest BCUT2D eigenvalue weighted by Gasteiger charge is 2.24. The van der Waals surface area contributed by atoms with E-state index in [1.165, 1.54) is 0 Å². The molecule has 0 N–H and O–H groups in total. The van der Waals surface area contributed by atoms with Gasteiger partial charge in [-0.2, -0.15) is 0 Å². The highest BCUT2D eigenvalue weighted by atomic mass is 35.5. The van der Waals surface area contributed by atoms with Crippen molar-refractivity contribution in [3.05, 3.63) is 0 Å². The van der Waals surface area contributed by atoms with Crippen molar-refractivity contribution in [2.45, 2.75) is 40.0 Å². The third kappa shape index (κ3) is 3.76. The van der Waals surface area contributed by atoms with E-state index in [0.29, 0.717) is 12.3 Å². The molecule has 0 aromatic carbocycles. The lowest BCUT2D eigenvalue weighted by Gasteiger charge is -2.18.